The highest BCUT2D eigenvalue weighted by Crippen LogP contribution is 2.30. The Hall–Kier alpha value is -1.51. The summed E-state index contributed by atoms with van der Waals surface area (Å²) < 4.78 is 0. The van der Waals surface area contributed by atoms with Gasteiger partial charge in [0.2, 0.25) is 5.91 Å². The van der Waals surface area contributed by atoms with E-state index in [9.17, 15) is 4.79 Å². The summed E-state index contributed by atoms with van der Waals surface area (Å²) >= 11 is 0. The first-order valence-electron chi connectivity index (χ1n) is 7.15. The Bertz CT molecular complexity index is 474. The second-order valence-electron chi connectivity index (χ2n) is 5.97. The number of hydrogen-bond donors (Lipinski definition) is 2. The van der Waals surface area contributed by atoms with Crippen molar-refractivity contribution in [1.29, 1.82) is 0 Å². The van der Waals surface area contributed by atoms with Gasteiger partial charge in [-0.05, 0) is 68.7 Å². The lowest BCUT2D eigenvalue weighted by Crippen LogP contribution is -2.27. The summed E-state index contributed by atoms with van der Waals surface area (Å²) in [5.41, 5.74) is 9.69. The zero-order chi connectivity index (χ0) is 14.0. The third kappa shape index (κ3) is 3.28. The second kappa shape index (κ2) is 5.64. The number of hydrogen-bond acceptors (Lipinski definition) is 2. The maximum absolute atomic E-state index is 12.3. The smallest absolute Gasteiger partial charge is 0.227 e. The predicted octanol–water partition coefficient (Wildman–Crippen LogP) is 3.65. The van der Waals surface area contributed by atoms with Crippen LogP contribution in [0.1, 0.15) is 43.7 Å². The number of rotatable bonds is 2. The molecule has 1 fully saturated rings. The third-order valence-electron chi connectivity index (χ3n) is 4.31. The standard InChI is InChI=1S/C16H24N2O/c1-10-4-6-13(7-5-10)16(19)18-15-9-12(3)11(2)8-14(15)17/h8-10,13H,4-7,17H2,1-3H3,(H,18,19). The molecule has 1 aliphatic carbocycles. The first-order chi connectivity index (χ1) is 8.97. The van der Waals surface area contributed by atoms with Crippen molar-refractivity contribution < 1.29 is 4.79 Å². The van der Waals surface area contributed by atoms with Crippen LogP contribution in [0.3, 0.4) is 0 Å². The van der Waals surface area contributed by atoms with Gasteiger partial charge in [0, 0.05) is 5.92 Å². The van der Waals surface area contributed by atoms with Gasteiger partial charge in [0.25, 0.3) is 0 Å². The number of nitrogens with one attached hydrogen (secondary N) is 1. The fourth-order valence-corrected chi connectivity index (χ4v) is 2.70. The molecule has 0 aromatic heterocycles. The molecule has 1 aromatic carbocycles. The van der Waals surface area contributed by atoms with Gasteiger partial charge in [-0.1, -0.05) is 6.92 Å². The van der Waals surface area contributed by atoms with Gasteiger partial charge in [0.05, 0.1) is 11.4 Å². The third-order valence-corrected chi connectivity index (χ3v) is 4.31. The molecule has 2 rings (SSSR count). The molecule has 3 nitrogen and oxygen atoms in total. The molecule has 1 aromatic rings. The van der Waals surface area contributed by atoms with E-state index in [1.165, 1.54) is 0 Å². The van der Waals surface area contributed by atoms with Gasteiger partial charge < -0.3 is 11.1 Å². The number of aryl methyl sites for hydroxylation is 2. The average molecular weight is 260 g/mol. The predicted molar refractivity (Wildman–Crippen MR) is 80.1 cm³/mol. The summed E-state index contributed by atoms with van der Waals surface area (Å²) in [6.07, 6.45) is 4.30. The fourth-order valence-electron chi connectivity index (χ4n) is 2.70. The quantitative estimate of drug-likeness (QED) is 0.797. The van der Waals surface area contributed by atoms with Crippen LogP contribution in [0.25, 0.3) is 0 Å². The molecule has 0 saturated heterocycles. The van der Waals surface area contributed by atoms with Crippen LogP contribution in [0.15, 0.2) is 12.1 Å². The normalized spacial score (nSPS) is 23.1. The van der Waals surface area contributed by atoms with E-state index in [1.54, 1.807) is 0 Å². The van der Waals surface area contributed by atoms with Crippen molar-refractivity contribution in [2.75, 3.05) is 11.1 Å². The topological polar surface area (TPSA) is 55.1 Å². The van der Waals surface area contributed by atoms with Gasteiger partial charge in [-0.25, -0.2) is 0 Å². The average Bonchev–Trinajstić information content (AvgIpc) is 2.36. The van der Waals surface area contributed by atoms with Gasteiger partial charge in [0.1, 0.15) is 0 Å². The van der Waals surface area contributed by atoms with Gasteiger partial charge in [-0.15, -0.1) is 0 Å². The summed E-state index contributed by atoms with van der Waals surface area (Å²) in [5, 5.41) is 3.00. The van der Waals surface area contributed by atoms with Crippen LogP contribution in [0, 0.1) is 25.7 Å². The van der Waals surface area contributed by atoms with E-state index in [4.69, 9.17) is 5.73 Å². The zero-order valence-electron chi connectivity index (χ0n) is 12.1. The number of amides is 1. The molecule has 19 heavy (non-hydrogen) atoms. The second-order valence-corrected chi connectivity index (χ2v) is 5.97. The number of anilines is 2. The van der Waals surface area contributed by atoms with Crippen LogP contribution in [0.4, 0.5) is 11.4 Å². The van der Waals surface area contributed by atoms with Crippen molar-refractivity contribution >= 4 is 17.3 Å². The van der Waals surface area contributed by atoms with Crippen LogP contribution in [0.5, 0.6) is 0 Å². The first-order valence-corrected chi connectivity index (χ1v) is 7.15. The lowest BCUT2D eigenvalue weighted by atomic mass is 9.82. The Kier molecular flexibility index (Phi) is 4.13. The van der Waals surface area contributed by atoms with Crippen molar-refractivity contribution in [2.45, 2.75) is 46.5 Å². The molecule has 0 radical (unpaired) electrons. The minimum atomic E-state index is 0.127. The number of carbonyl (C=O) groups excluding carboxylic acids is 1. The monoisotopic (exact) mass is 260 g/mol. The van der Waals surface area contributed by atoms with Crippen molar-refractivity contribution in [3.8, 4) is 0 Å². The maximum Gasteiger partial charge on any atom is 0.227 e. The molecule has 0 aliphatic heterocycles. The Morgan fingerprint density at radius 2 is 1.74 bits per heavy atom. The van der Waals surface area contributed by atoms with Crippen LogP contribution >= 0.6 is 0 Å². The molecule has 104 valence electrons. The zero-order valence-corrected chi connectivity index (χ0v) is 12.1. The molecule has 0 bridgehead atoms. The van der Waals surface area contributed by atoms with Crippen LogP contribution in [0.2, 0.25) is 0 Å². The van der Waals surface area contributed by atoms with Crippen molar-refractivity contribution in [1.82, 2.24) is 0 Å². The van der Waals surface area contributed by atoms with Crippen molar-refractivity contribution in [2.24, 2.45) is 11.8 Å². The molecule has 0 atom stereocenters. The SMILES string of the molecule is Cc1cc(N)c(NC(=O)C2CCC(C)CC2)cc1C. The van der Waals surface area contributed by atoms with Gasteiger partial charge in [0.15, 0.2) is 0 Å². The first kappa shape index (κ1) is 13.9. The Labute approximate surface area is 115 Å². The minimum Gasteiger partial charge on any atom is -0.397 e. The van der Waals surface area contributed by atoms with E-state index in [-0.39, 0.29) is 11.8 Å². The van der Waals surface area contributed by atoms with Crippen molar-refractivity contribution in [3.05, 3.63) is 23.3 Å². The summed E-state index contributed by atoms with van der Waals surface area (Å²) in [6, 6.07) is 3.89. The van der Waals surface area contributed by atoms with Crippen LogP contribution in [-0.4, -0.2) is 5.91 Å². The highest BCUT2D eigenvalue weighted by atomic mass is 16.1. The molecular formula is C16H24N2O. The minimum absolute atomic E-state index is 0.127. The Morgan fingerprint density at radius 1 is 1.16 bits per heavy atom. The molecular weight excluding hydrogens is 236 g/mol. The lowest BCUT2D eigenvalue weighted by Gasteiger charge is -2.25. The number of benzene rings is 1. The van der Waals surface area contributed by atoms with Gasteiger partial charge in [-0.2, -0.15) is 0 Å². The molecule has 3 heteroatoms. The maximum atomic E-state index is 12.3. The summed E-state index contributed by atoms with van der Waals surface area (Å²) in [5.74, 6) is 1.04. The highest BCUT2D eigenvalue weighted by Gasteiger charge is 2.24. The Morgan fingerprint density at radius 3 is 2.37 bits per heavy atom. The van der Waals surface area contributed by atoms with Gasteiger partial charge >= 0.3 is 0 Å². The number of nitrogens with two attached hydrogens (primary N) is 1. The molecule has 0 spiro atoms. The van der Waals surface area contributed by atoms with Gasteiger partial charge in [-0.3, -0.25) is 4.79 Å². The molecule has 1 aliphatic rings. The molecule has 0 heterocycles. The van der Waals surface area contributed by atoms with Crippen molar-refractivity contribution in [3.63, 3.8) is 0 Å². The van der Waals surface area contributed by atoms with E-state index in [0.717, 1.165) is 48.4 Å². The van der Waals surface area contributed by atoms with Crippen LogP contribution < -0.4 is 11.1 Å². The van der Waals surface area contributed by atoms with E-state index in [0.29, 0.717) is 5.69 Å². The summed E-state index contributed by atoms with van der Waals surface area (Å²) in [6.45, 7) is 6.32. The highest BCUT2D eigenvalue weighted by molar-refractivity contribution is 5.95. The number of nitrogen functional groups attached to an aromatic ring is 1. The Balaban J connectivity index is 2.05. The molecule has 0 unspecified atom stereocenters. The van der Waals surface area contributed by atoms with E-state index < -0.39 is 0 Å². The summed E-state index contributed by atoms with van der Waals surface area (Å²) in [4.78, 5) is 12.3. The largest absolute Gasteiger partial charge is 0.397 e. The van der Waals surface area contributed by atoms with E-state index in [2.05, 4.69) is 12.2 Å². The van der Waals surface area contributed by atoms with Crippen LogP contribution in [-0.2, 0) is 4.79 Å². The molecule has 1 saturated carbocycles. The van der Waals surface area contributed by atoms with E-state index in [1.807, 2.05) is 26.0 Å². The molecule has 1 amide bonds. The summed E-state index contributed by atoms with van der Waals surface area (Å²) in [7, 11) is 0. The fraction of sp³-hybridized carbons (Fsp3) is 0.562. The number of carbonyl (C=O) groups is 1. The van der Waals surface area contributed by atoms with E-state index >= 15 is 0 Å². The molecule has 3 N–H and O–H groups in total. The lowest BCUT2D eigenvalue weighted by molar-refractivity contribution is -0.121.